The van der Waals surface area contributed by atoms with Gasteiger partial charge in [0.05, 0.1) is 19.4 Å². The molecule has 0 unspecified atom stereocenters. The Bertz CT molecular complexity index is 472. The molecule has 0 aliphatic heterocycles. The highest BCUT2D eigenvalue weighted by Crippen LogP contribution is 2.24. The molecule has 0 atom stereocenters. The maximum Gasteiger partial charge on any atom is 0.213 e. The van der Waals surface area contributed by atoms with Gasteiger partial charge in [0.2, 0.25) is 5.88 Å². The molecule has 4 heteroatoms. The zero-order chi connectivity index (χ0) is 11.4. The van der Waals surface area contributed by atoms with E-state index in [1.807, 2.05) is 18.2 Å². The van der Waals surface area contributed by atoms with Gasteiger partial charge in [0.1, 0.15) is 0 Å². The van der Waals surface area contributed by atoms with E-state index < -0.39 is 0 Å². The molecule has 0 fully saturated rings. The Kier molecular flexibility index (Phi) is 3.12. The first kappa shape index (κ1) is 10.6. The van der Waals surface area contributed by atoms with Gasteiger partial charge in [-0.05, 0) is 23.8 Å². The summed E-state index contributed by atoms with van der Waals surface area (Å²) < 4.78 is 5.01. The highest BCUT2D eigenvalue weighted by molar-refractivity contribution is 5.65. The number of rotatable bonds is 3. The average Bonchev–Trinajstić information content (AvgIpc) is 2.39. The molecule has 2 aromatic rings. The Balaban J connectivity index is 2.49. The van der Waals surface area contributed by atoms with Crippen LogP contribution in [-0.2, 0) is 6.61 Å². The Labute approximate surface area is 93.6 Å². The summed E-state index contributed by atoms with van der Waals surface area (Å²) in [6.07, 6.45) is 3.42. The average molecular weight is 216 g/mol. The highest BCUT2D eigenvalue weighted by Gasteiger charge is 2.07. The second-order valence-electron chi connectivity index (χ2n) is 3.24. The largest absolute Gasteiger partial charge is 0.481 e. The molecule has 1 N–H and O–H groups in total. The Morgan fingerprint density at radius 3 is 2.56 bits per heavy atom. The molecule has 0 saturated carbocycles. The molecule has 0 amide bonds. The maximum absolute atomic E-state index is 9.27. The van der Waals surface area contributed by atoms with E-state index in [9.17, 15) is 5.11 Å². The number of aliphatic hydroxyl groups is 1. The molecule has 2 heterocycles. The van der Waals surface area contributed by atoms with Crippen LogP contribution >= 0.6 is 0 Å². The van der Waals surface area contributed by atoms with Crippen LogP contribution in [0.3, 0.4) is 0 Å². The van der Waals surface area contributed by atoms with Crippen LogP contribution in [0.1, 0.15) is 5.69 Å². The molecule has 0 spiro atoms. The van der Waals surface area contributed by atoms with Crippen molar-refractivity contribution < 1.29 is 9.84 Å². The normalized spacial score (nSPS) is 10.1. The number of hydrogen-bond acceptors (Lipinski definition) is 4. The summed E-state index contributed by atoms with van der Waals surface area (Å²) in [5, 5.41) is 9.27. The van der Waals surface area contributed by atoms with E-state index in [-0.39, 0.29) is 6.61 Å². The van der Waals surface area contributed by atoms with Gasteiger partial charge in [-0.2, -0.15) is 0 Å². The van der Waals surface area contributed by atoms with E-state index in [0.717, 1.165) is 11.1 Å². The van der Waals surface area contributed by atoms with E-state index >= 15 is 0 Å². The van der Waals surface area contributed by atoms with E-state index in [0.29, 0.717) is 11.6 Å². The second-order valence-corrected chi connectivity index (χ2v) is 3.24. The van der Waals surface area contributed by atoms with E-state index in [1.165, 1.54) is 0 Å². The van der Waals surface area contributed by atoms with Crippen LogP contribution in [0.25, 0.3) is 11.1 Å². The second kappa shape index (κ2) is 4.72. The van der Waals surface area contributed by atoms with Gasteiger partial charge in [0, 0.05) is 24.0 Å². The predicted molar refractivity (Wildman–Crippen MR) is 59.9 cm³/mol. The fraction of sp³-hybridized carbons (Fsp3) is 0.167. The molecule has 16 heavy (non-hydrogen) atoms. The first-order valence-corrected chi connectivity index (χ1v) is 4.90. The number of methoxy groups -OCH3 is 1. The molecular formula is C12H12N2O2. The first-order chi connectivity index (χ1) is 7.85. The number of aromatic nitrogens is 2. The van der Waals surface area contributed by atoms with Gasteiger partial charge in [-0.3, -0.25) is 4.98 Å². The summed E-state index contributed by atoms with van der Waals surface area (Å²) in [4.78, 5) is 8.15. The number of nitrogens with zero attached hydrogens (tertiary/aromatic N) is 2. The summed E-state index contributed by atoms with van der Waals surface area (Å²) in [5.41, 5.74) is 2.48. The van der Waals surface area contributed by atoms with Crippen molar-refractivity contribution >= 4 is 0 Å². The number of hydrogen-bond donors (Lipinski definition) is 1. The van der Waals surface area contributed by atoms with Crippen molar-refractivity contribution in [2.24, 2.45) is 0 Å². The highest BCUT2D eigenvalue weighted by atomic mass is 16.5. The quantitative estimate of drug-likeness (QED) is 0.847. The summed E-state index contributed by atoms with van der Waals surface area (Å²) in [5.74, 6) is 0.502. The van der Waals surface area contributed by atoms with Gasteiger partial charge in [-0.25, -0.2) is 4.98 Å². The molecule has 82 valence electrons. The van der Waals surface area contributed by atoms with Crippen LogP contribution in [0.15, 0.2) is 36.7 Å². The third-order valence-electron chi connectivity index (χ3n) is 2.30. The summed E-state index contributed by atoms with van der Waals surface area (Å²) >= 11 is 0. The minimum Gasteiger partial charge on any atom is -0.481 e. The topological polar surface area (TPSA) is 55.2 Å². The van der Waals surface area contributed by atoms with Crippen molar-refractivity contribution in [3.8, 4) is 17.0 Å². The Morgan fingerprint density at radius 2 is 1.94 bits per heavy atom. The van der Waals surface area contributed by atoms with Gasteiger partial charge in [-0.15, -0.1) is 0 Å². The molecule has 0 radical (unpaired) electrons. The van der Waals surface area contributed by atoms with Crippen LogP contribution in [0.2, 0.25) is 0 Å². The fourth-order valence-corrected chi connectivity index (χ4v) is 1.51. The summed E-state index contributed by atoms with van der Waals surface area (Å²) in [6, 6.07) is 7.41. The predicted octanol–water partition coefficient (Wildman–Crippen LogP) is 1.64. The Hall–Kier alpha value is -1.94. The molecule has 0 aliphatic carbocycles. The van der Waals surface area contributed by atoms with Crippen molar-refractivity contribution in [1.29, 1.82) is 0 Å². The minimum absolute atomic E-state index is 0.116. The molecule has 0 bridgehead atoms. The van der Waals surface area contributed by atoms with Gasteiger partial charge in [0.25, 0.3) is 0 Å². The smallest absolute Gasteiger partial charge is 0.213 e. The standard InChI is InChI=1S/C12H12N2O2/c1-16-12-3-2-10(11(8-15)14-12)9-4-6-13-7-5-9/h2-7,15H,8H2,1H3. The third kappa shape index (κ3) is 2.01. The minimum atomic E-state index is -0.116. The van der Waals surface area contributed by atoms with Crippen LogP contribution in [0.4, 0.5) is 0 Å². The molecule has 4 nitrogen and oxygen atoms in total. The van der Waals surface area contributed by atoms with E-state index in [2.05, 4.69) is 9.97 Å². The van der Waals surface area contributed by atoms with Gasteiger partial charge >= 0.3 is 0 Å². The zero-order valence-electron chi connectivity index (χ0n) is 8.92. The molecule has 0 aromatic carbocycles. The first-order valence-electron chi connectivity index (χ1n) is 4.90. The van der Waals surface area contributed by atoms with Crippen LogP contribution in [0, 0.1) is 0 Å². The molecule has 2 rings (SSSR count). The van der Waals surface area contributed by atoms with Crippen molar-refractivity contribution in [2.45, 2.75) is 6.61 Å². The van der Waals surface area contributed by atoms with Crippen LogP contribution < -0.4 is 4.74 Å². The maximum atomic E-state index is 9.27. The fourth-order valence-electron chi connectivity index (χ4n) is 1.51. The van der Waals surface area contributed by atoms with Crippen molar-refractivity contribution in [3.63, 3.8) is 0 Å². The number of aliphatic hydroxyl groups excluding tert-OH is 1. The lowest BCUT2D eigenvalue weighted by molar-refractivity contribution is 0.275. The lowest BCUT2D eigenvalue weighted by Crippen LogP contribution is -1.97. The van der Waals surface area contributed by atoms with Crippen molar-refractivity contribution in [3.05, 3.63) is 42.4 Å². The zero-order valence-corrected chi connectivity index (χ0v) is 8.92. The number of pyridine rings is 2. The monoisotopic (exact) mass is 216 g/mol. The molecular weight excluding hydrogens is 204 g/mol. The van der Waals surface area contributed by atoms with E-state index in [4.69, 9.17) is 4.74 Å². The van der Waals surface area contributed by atoms with Crippen molar-refractivity contribution in [2.75, 3.05) is 7.11 Å². The van der Waals surface area contributed by atoms with Crippen LogP contribution in [0.5, 0.6) is 5.88 Å². The molecule has 0 aliphatic rings. The van der Waals surface area contributed by atoms with Gasteiger partial charge in [-0.1, -0.05) is 0 Å². The van der Waals surface area contributed by atoms with Crippen molar-refractivity contribution in [1.82, 2.24) is 9.97 Å². The molecule has 2 aromatic heterocycles. The van der Waals surface area contributed by atoms with Gasteiger partial charge < -0.3 is 9.84 Å². The number of ether oxygens (including phenoxy) is 1. The third-order valence-corrected chi connectivity index (χ3v) is 2.30. The summed E-state index contributed by atoms with van der Waals surface area (Å²) in [7, 11) is 1.55. The summed E-state index contributed by atoms with van der Waals surface area (Å²) in [6.45, 7) is -0.116. The SMILES string of the molecule is COc1ccc(-c2ccncc2)c(CO)n1. The van der Waals surface area contributed by atoms with Gasteiger partial charge in [0.15, 0.2) is 0 Å². The lowest BCUT2D eigenvalue weighted by Gasteiger charge is -2.08. The molecule has 0 saturated heterocycles. The van der Waals surface area contributed by atoms with E-state index in [1.54, 1.807) is 25.6 Å². The Morgan fingerprint density at radius 1 is 1.19 bits per heavy atom. The van der Waals surface area contributed by atoms with Crippen LogP contribution in [-0.4, -0.2) is 22.2 Å². The lowest BCUT2D eigenvalue weighted by atomic mass is 10.1.